The monoisotopic (exact) mass is 220 g/mol. The normalized spacial score (nSPS) is 16.5. The van der Waals surface area contributed by atoms with E-state index in [1.807, 2.05) is 0 Å². The molecular formula is C12H16N2O2. The zero-order valence-corrected chi connectivity index (χ0v) is 9.22. The highest BCUT2D eigenvalue weighted by molar-refractivity contribution is 5.67. The molecule has 0 atom stereocenters. The Labute approximate surface area is 94.7 Å². The maximum Gasteiger partial charge on any atom is 0.303 e. The Morgan fingerprint density at radius 3 is 2.88 bits per heavy atom. The van der Waals surface area contributed by atoms with Gasteiger partial charge in [-0.05, 0) is 24.8 Å². The van der Waals surface area contributed by atoms with Crippen LogP contribution in [0.1, 0.15) is 49.3 Å². The summed E-state index contributed by atoms with van der Waals surface area (Å²) in [6.45, 7) is 0. The van der Waals surface area contributed by atoms with Gasteiger partial charge in [0.05, 0.1) is 5.69 Å². The minimum atomic E-state index is -0.763. The first kappa shape index (κ1) is 11.0. The van der Waals surface area contributed by atoms with Crippen molar-refractivity contribution in [3.05, 3.63) is 23.8 Å². The second-order valence-electron chi connectivity index (χ2n) is 4.31. The average Bonchev–Trinajstić information content (AvgIpc) is 2.80. The lowest BCUT2D eigenvalue weighted by atomic mass is 9.97. The predicted octanol–water partition coefficient (Wildman–Crippen LogP) is 2.15. The fourth-order valence-electron chi connectivity index (χ4n) is 2.37. The van der Waals surface area contributed by atoms with Crippen LogP contribution in [0, 0.1) is 0 Å². The lowest BCUT2D eigenvalue weighted by Gasteiger charge is -2.12. The summed E-state index contributed by atoms with van der Waals surface area (Å²) >= 11 is 0. The van der Waals surface area contributed by atoms with Crippen LogP contribution in [-0.4, -0.2) is 21.0 Å². The number of aromatic nitrogens is 2. The highest BCUT2D eigenvalue weighted by Gasteiger charge is 2.21. The van der Waals surface area contributed by atoms with Gasteiger partial charge in [0, 0.05) is 18.5 Å². The third kappa shape index (κ3) is 2.56. The predicted molar refractivity (Wildman–Crippen MR) is 59.2 cm³/mol. The molecule has 0 amide bonds. The number of carbonyl (C=O) groups is 1. The van der Waals surface area contributed by atoms with Crippen molar-refractivity contribution in [2.75, 3.05) is 0 Å². The molecule has 16 heavy (non-hydrogen) atoms. The minimum Gasteiger partial charge on any atom is -0.481 e. The summed E-state index contributed by atoms with van der Waals surface area (Å²) in [4.78, 5) is 18.9. The minimum absolute atomic E-state index is 0.160. The molecule has 0 aromatic carbocycles. The molecule has 1 aromatic rings. The van der Waals surface area contributed by atoms with Gasteiger partial charge in [-0.1, -0.05) is 12.8 Å². The molecule has 1 aromatic heterocycles. The molecule has 0 bridgehead atoms. The molecule has 4 nitrogen and oxygen atoms in total. The third-order valence-corrected chi connectivity index (χ3v) is 3.17. The van der Waals surface area contributed by atoms with Gasteiger partial charge in [-0.25, -0.2) is 9.97 Å². The van der Waals surface area contributed by atoms with E-state index in [1.54, 1.807) is 12.5 Å². The lowest BCUT2D eigenvalue weighted by Crippen LogP contribution is -2.06. The van der Waals surface area contributed by atoms with Gasteiger partial charge in [-0.15, -0.1) is 0 Å². The van der Waals surface area contributed by atoms with Crippen molar-refractivity contribution in [1.82, 2.24) is 9.97 Å². The first-order chi connectivity index (χ1) is 7.77. The number of nitrogens with zero attached hydrogens (tertiary/aromatic N) is 2. The fourth-order valence-corrected chi connectivity index (χ4v) is 2.37. The van der Waals surface area contributed by atoms with Crippen LogP contribution in [0.15, 0.2) is 12.5 Å². The molecular weight excluding hydrogens is 204 g/mol. The summed E-state index contributed by atoms with van der Waals surface area (Å²) in [6.07, 6.45) is 8.91. The zero-order valence-electron chi connectivity index (χ0n) is 9.22. The number of hydrogen-bond acceptors (Lipinski definition) is 3. The van der Waals surface area contributed by atoms with E-state index in [1.165, 1.54) is 25.7 Å². The van der Waals surface area contributed by atoms with E-state index in [2.05, 4.69) is 9.97 Å². The topological polar surface area (TPSA) is 63.1 Å². The Bertz CT molecular complexity index is 373. The fraction of sp³-hybridized carbons (Fsp3) is 0.583. The number of hydrogen-bond donors (Lipinski definition) is 1. The van der Waals surface area contributed by atoms with Crippen LogP contribution in [0.25, 0.3) is 0 Å². The number of carboxylic acids is 1. The lowest BCUT2D eigenvalue weighted by molar-refractivity contribution is -0.136. The molecule has 0 saturated heterocycles. The van der Waals surface area contributed by atoms with Crippen molar-refractivity contribution in [3.8, 4) is 0 Å². The Morgan fingerprint density at radius 2 is 2.19 bits per heavy atom. The van der Waals surface area contributed by atoms with E-state index >= 15 is 0 Å². The second kappa shape index (κ2) is 5.05. The van der Waals surface area contributed by atoms with E-state index < -0.39 is 5.97 Å². The summed E-state index contributed by atoms with van der Waals surface area (Å²) < 4.78 is 0. The number of carboxylic acid groups (broad SMARTS) is 1. The molecule has 86 valence electrons. The van der Waals surface area contributed by atoms with E-state index in [-0.39, 0.29) is 6.42 Å². The molecule has 4 heteroatoms. The second-order valence-corrected chi connectivity index (χ2v) is 4.31. The number of aryl methyl sites for hydroxylation is 1. The van der Waals surface area contributed by atoms with Crippen molar-refractivity contribution in [2.24, 2.45) is 0 Å². The molecule has 0 unspecified atom stereocenters. The van der Waals surface area contributed by atoms with Gasteiger partial charge in [0.1, 0.15) is 6.33 Å². The molecule has 1 heterocycles. The maximum absolute atomic E-state index is 10.6. The first-order valence-corrected chi connectivity index (χ1v) is 5.78. The van der Waals surface area contributed by atoms with E-state index in [4.69, 9.17) is 5.11 Å². The molecule has 1 N–H and O–H groups in total. The molecule has 2 rings (SSSR count). The first-order valence-electron chi connectivity index (χ1n) is 5.78. The van der Waals surface area contributed by atoms with E-state index in [0.717, 1.165) is 11.3 Å². The number of aliphatic carboxylic acids is 1. The van der Waals surface area contributed by atoms with Crippen LogP contribution in [0.4, 0.5) is 0 Å². The Balaban J connectivity index is 2.13. The van der Waals surface area contributed by atoms with Gasteiger partial charge in [0.15, 0.2) is 0 Å². The van der Waals surface area contributed by atoms with Crippen LogP contribution in [0.5, 0.6) is 0 Å². The molecule has 1 aliphatic rings. The van der Waals surface area contributed by atoms with Gasteiger partial charge in [-0.2, -0.15) is 0 Å². The van der Waals surface area contributed by atoms with Crippen molar-refractivity contribution in [2.45, 2.75) is 44.4 Å². The van der Waals surface area contributed by atoms with E-state index in [0.29, 0.717) is 12.3 Å². The SMILES string of the molecule is O=C(O)CCc1cncnc1C1CCCC1. The van der Waals surface area contributed by atoms with Crippen LogP contribution in [0.3, 0.4) is 0 Å². The van der Waals surface area contributed by atoms with Crippen molar-refractivity contribution >= 4 is 5.97 Å². The average molecular weight is 220 g/mol. The summed E-state index contributed by atoms with van der Waals surface area (Å²) in [7, 11) is 0. The highest BCUT2D eigenvalue weighted by atomic mass is 16.4. The summed E-state index contributed by atoms with van der Waals surface area (Å²) in [5.74, 6) is -0.243. The van der Waals surface area contributed by atoms with Crippen molar-refractivity contribution in [1.29, 1.82) is 0 Å². The van der Waals surface area contributed by atoms with Crippen LogP contribution < -0.4 is 0 Å². The Morgan fingerprint density at radius 1 is 1.44 bits per heavy atom. The van der Waals surface area contributed by atoms with Crippen LogP contribution in [0.2, 0.25) is 0 Å². The Kier molecular flexibility index (Phi) is 3.49. The highest BCUT2D eigenvalue weighted by Crippen LogP contribution is 2.34. The maximum atomic E-state index is 10.6. The summed E-state index contributed by atoms with van der Waals surface area (Å²) in [6, 6.07) is 0. The van der Waals surface area contributed by atoms with Crippen LogP contribution in [-0.2, 0) is 11.2 Å². The van der Waals surface area contributed by atoms with E-state index in [9.17, 15) is 4.79 Å². The van der Waals surface area contributed by atoms with Gasteiger partial charge in [-0.3, -0.25) is 4.79 Å². The molecule has 1 saturated carbocycles. The van der Waals surface area contributed by atoms with Crippen LogP contribution >= 0.6 is 0 Å². The molecule has 0 aliphatic heterocycles. The van der Waals surface area contributed by atoms with Gasteiger partial charge >= 0.3 is 5.97 Å². The molecule has 1 aliphatic carbocycles. The van der Waals surface area contributed by atoms with Gasteiger partial charge in [0.25, 0.3) is 0 Å². The van der Waals surface area contributed by atoms with Gasteiger partial charge in [0.2, 0.25) is 0 Å². The molecule has 1 fully saturated rings. The van der Waals surface area contributed by atoms with Gasteiger partial charge < -0.3 is 5.11 Å². The summed E-state index contributed by atoms with van der Waals surface area (Å²) in [5.41, 5.74) is 2.09. The summed E-state index contributed by atoms with van der Waals surface area (Å²) in [5, 5.41) is 8.69. The quantitative estimate of drug-likeness (QED) is 0.844. The number of rotatable bonds is 4. The molecule has 0 radical (unpaired) electrons. The molecule has 0 spiro atoms. The standard InChI is InChI=1S/C12H16N2O2/c15-11(16)6-5-10-7-13-8-14-12(10)9-3-1-2-4-9/h7-9H,1-6H2,(H,15,16). The zero-order chi connectivity index (χ0) is 11.4. The van der Waals surface area contributed by atoms with Crippen molar-refractivity contribution in [3.63, 3.8) is 0 Å². The smallest absolute Gasteiger partial charge is 0.303 e. The third-order valence-electron chi connectivity index (χ3n) is 3.17. The largest absolute Gasteiger partial charge is 0.481 e. The van der Waals surface area contributed by atoms with Crippen molar-refractivity contribution < 1.29 is 9.90 Å². The Hall–Kier alpha value is -1.45.